The van der Waals surface area contributed by atoms with E-state index in [0.717, 1.165) is 24.1 Å². The largest absolute Gasteiger partial charge is 0.451 e. The first-order valence-electron chi connectivity index (χ1n) is 7.75. The molecule has 0 unspecified atom stereocenters. The molecule has 1 amide bonds. The van der Waals surface area contributed by atoms with Crippen molar-refractivity contribution in [3.8, 4) is 0 Å². The van der Waals surface area contributed by atoms with Gasteiger partial charge < -0.3 is 9.73 Å². The highest BCUT2D eigenvalue weighted by Crippen LogP contribution is 2.18. The molecule has 1 N–H and O–H groups in total. The monoisotopic (exact) mass is 286 g/mol. The Morgan fingerprint density at radius 2 is 2.05 bits per heavy atom. The van der Waals surface area contributed by atoms with Crippen molar-refractivity contribution >= 4 is 16.9 Å². The van der Waals surface area contributed by atoms with Crippen LogP contribution in [0.4, 0.5) is 0 Å². The number of hydrogen-bond acceptors (Lipinski definition) is 3. The molecule has 21 heavy (non-hydrogen) atoms. The Kier molecular flexibility index (Phi) is 4.25. The fourth-order valence-electron chi connectivity index (χ4n) is 2.91. The van der Waals surface area contributed by atoms with Crippen LogP contribution in [-0.4, -0.2) is 36.5 Å². The molecule has 0 spiro atoms. The summed E-state index contributed by atoms with van der Waals surface area (Å²) in [5.74, 6) is 0.261. The molecule has 0 bridgehead atoms. The number of benzene rings is 1. The number of likely N-dealkylation sites (tertiary alicyclic amines) is 1. The van der Waals surface area contributed by atoms with E-state index in [2.05, 4.69) is 17.1 Å². The predicted molar refractivity (Wildman–Crippen MR) is 83.4 cm³/mol. The Labute approximate surface area is 125 Å². The lowest BCUT2D eigenvalue weighted by atomic mass is 10.1. The van der Waals surface area contributed by atoms with E-state index >= 15 is 0 Å². The molecule has 1 aliphatic rings. The number of furan rings is 1. The standard InChI is InChI=1S/C17H22N2O2/c1-13(19-9-5-2-6-10-19)12-18-17(20)16-11-14-7-3-4-8-15(14)21-16/h3-4,7-8,11,13H,2,5-6,9-10,12H2,1H3,(H,18,20)/t13-/m1/s1. The summed E-state index contributed by atoms with van der Waals surface area (Å²) in [6, 6.07) is 9.85. The van der Waals surface area contributed by atoms with Crippen LogP contribution in [0.25, 0.3) is 11.0 Å². The van der Waals surface area contributed by atoms with Gasteiger partial charge in [-0.25, -0.2) is 0 Å². The van der Waals surface area contributed by atoms with Crippen molar-refractivity contribution in [2.45, 2.75) is 32.2 Å². The van der Waals surface area contributed by atoms with Gasteiger partial charge in [-0.05, 0) is 45.0 Å². The van der Waals surface area contributed by atoms with Crippen molar-refractivity contribution in [3.63, 3.8) is 0 Å². The summed E-state index contributed by atoms with van der Waals surface area (Å²) in [4.78, 5) is 14.6. The average molecular weight is 286 g/mol. The smallest absolute Gasteiger partial charge is 0.287 e. The molecular weight excluding hydrogens is 264 g/mol. The van der Waals surface area contributed by atoms with E-state index in [1.807, 2.05) is 24.3 Å². The Morgan fingerprint density at radius 1 is 1.29 bits per heavy atom. The van der Waals surface area contributed by atoms with Crippen molar-refractivity contribution < 1.29 is 9.21 Å². The zero-order chi connectivity index (χ0) is 14.7. The van der Waals surface area contributed by atoms with Gasteiger partial charge >= 0.3 is 0 Å². The fourth-order valence-corrected chi connectivity index (χ4v) is 2.91. The molecule has 1 aromatic carbocycles. The summed E-state index contributed by atoms with van der Waals surface area (Å²) >= 11 is 0. The lowest BCUT2D eigenvalue weighted by molar-refractivity contribution is 0.0904. The number of amides is 1. The van der Waals surface area contributed by atoms with Crippen molar-refractivity contribution in [2.24, 2.45) is 0 Å². The van der Waals surface area contributed by atoms with Crippen LogP contribution in [0.3, 0.4) is 0 Å². The van der Waals surface area contributed by atoms with Crippen molar-refractivity contribution in [1.29, 1.82) is 0 Å². The highest BCUT2D eigenvalue weighted by molar-refractivity contribution is 5.96. The van der Waals surface area contributed by atoms with Crippen molar-refractivity contribution in [2.75, 3.05) is 19.6 Å². The highest BCUT2D eigenvalue weighted by atomic mass is 16.3. The van der Waals surface area contributed by atoms with Crippen molar-refractivity contribution in [3.05, 3.63) is 36.1 Å². The summed E-state index contributed by atoms with van der Waals surface area (Å²) in [6.45, 7) is 5.11. The normalized spacial score (nSPS) is 17.8. The molecule has 1 aromatic heterocycles. The van der Waals surface area contributed by atoms with E-state index in [9.17, 15) is 4.79 Å². The molecule has 4 heteroatoms. The van der Waals surface area contributed by atoms with Gasteiger partial charge in [0.2, 0.25) is 0 Å². The van der Waals surface area contributed by atoms with E-state index in [4.69, 9.17) is 4.42 Å². The summed E-state index contributed by atoms with van der Waals surface area (Å²) in [5.41, 5.74) is 0.756. The SMILES string of the molecule is C[C@H](CNC(=O)c1cc2ccccc2o1)N1CCCCC1. The third-order valence-electron chi connectivity index (χ3n) is 4.22. The number of rotatable bonds is 4. The maximum atomic E-state index is 12.2. The minimum Gasteiger partial charge on any atom is -0.451 e. The molecule has 0 saturated carbocycles. The Bertz CT molecular complexity index is 581. The van der Waals surface area contributed by atoms with E-state index in [1.165, 1.54) is 19.3 Å². The van der Waals surface area contributed by atoms with Gasteiger partial charge in [0.05, 0.1) is 0 Å². The minimum atomic E-state index is -0.130. The van der Waals surface area contributed by atoms with Crippen LogP contribution in [0.1, 0.15) is 36.7 Å². The molecular formula is C17H22N2O2. The predicted octanol–water partition coefficient (Wildman–Crippen LogP) is 3.04. The van der Waals surface area contributed by atoms with E-state index in [-0.39, 0.29) is 5.91 Å². The molecule has 0 radical (unpaired) electrons. The van der Waals surface area contributed by atoms with Gasteiger partial charge in [0.25, 0.3) is 5.91 Å². The number of para-hydroxylation sites is 1. The van der Waals surface area contributed by atoms with Gasteiger partial charge in [-0.15, -0.1) is 0 Å². The number of nitrogens with one attached hydrogen (secondary N) is 1. The van der Waals surface area contributed by atoms with E-state index in [1.54, 1.807) is 6.07 Å². The van der Waals surface area contributed by atoms with E-state index in [0.29, 0.717) is 18.3 Å². The van der Waals surface area contributed by atoms with Gasteiger partial charge in [-0.2, -0.15) is 0 Å². The first-order chi connectivity index (χ1) is 10.2. The maximum Gasteiger partial charge on any atom is 0.287 e. The molecule has 3 rings (SSSR count). The molecule has 2 aromatic rings. The first kappa shape index (κ1) is 14.1. The van der Waals surface area contributed by atoms with Crippen LogP contribution >= 0.6 is 0 Å². The van der Waals surface area contributed by atoms with Gasteiger partial charge in [0, 0.05) is 18.0 Å². The van der Waals surface area contributed by atoms with Crippen LogP contribution in [-0.2, 0) is 0 Å². The Balaban J connectivity index is 1.58. The molecule has 1 atom stereocenters. The number of nitrogens with zero attached hydrogens (tertiary/aromatic N) is 1. The van der Waals surface area contributed by atoms with E-state index < -0.39 is 0 Å². The Morgan fingerprint density at radius 3 is 2.81 bits per heavy atom. The number of hydrogen-bond donors (Lipinski definition) is 1. The lowest BCUT2D eigenvalue weighted by Crippen LogP contribution is -2.44. The summed E-state index contributed by atoms with van der Waals surface area (Å²) in [5, 5.41) is 3.95. The topological polar surface area (TPSA) is 45.5 Å². The molecule has 0 aliphatic carbocycles. The molecule has 1 saturated heterocycles. The lowest BCUT2D eigenvalue weighted by Gasteiger charge is -2.32. The van der Waals surface area contributed by atoms with Gasteiger partial charge in [0.1, 0.15) is 5.58 Å². The summed E-state index contributed by atoms with van der Waals surface area (Å²) < 4.78 is 5.58. The highest BCUT2D eigenvalue weighted by Gasteiger charge is 2.18. The second kappa shape index (κ2) is 6.31. The molecule has 112 valence electrons. The van der Waals surface area contributed by atoms with Crippen LogP contribution in [0.15, 0.2) is 34.7 Å². The zero-order valence-corrected chi connectivity index (χ0v) is 12.5. The van der Waals surface area contributed by atoms with Gasteiger partial charge in [0.15, 0.2) is 5.76 Å². The molecule has 2 heterocycles. The number of fused-ring (bicyclic) bond motifs is 1. The number of carbonyl (C=O) groups excluding carboxylic acids is 1. The number of piperidine rings is 1. The quantitative estimate of drug-likeness (QED) is 0.939. The number of carbonyl (C=O) groups is 1. The second-order valence-corrected chi connectivity index (χ2v) is 5.80. The fraction of sp³-hybridized carbons (Fsp3) is 0.471. The maximum absolute atomic E-state index is 12.2. The van der Waals surface area contributed by atoms with Crippen LogP contribution < -0.4 is 5.32 Å². The zero-order valence-electron chi connectivity index (χ0n) is 12.5. The minimum absolute atomic E-state index is 0.130. The summed E-state index contributed by atoms with van der Waals surface area (Å²) in [6.07, 6.45) is 3.86. The van der Waals surface area contributed by atoms with Crippen molar-refractivity contribution in [1.82, 2.24) is 10.2 Å². The van der Waals surface area contributed by atoms with Gasteiger partial charge in [-0.3, -0.25) is 9.69 Å². The van der Waals surface area contributed by atoms with Gasteiger partial charge in [-0.1, -0.05) is 24.6 Å². The molecule has 1 aliphatic heterocycles. The third-order valence-corrected chi connectivity index (χ3v) is 4.22. The Hall–Kier alpha value is -1.81. The van der Waals surface area contributed by atoms with Crippen LogP contribution in [0.5, 0.6) is 0 Å². The average Bonchev–Trinajstić information content (AvgIpc) is 2.97. The van der Waals surface area contributed by atoms with Crippen LogP contribution in [0, 0.1) is 0 Å². The first-order valence-corrected chi connectivity index (χ1v) is 7.75. The molecule has 4 nitrogen and oxygen atoms in total. The molecule has 1 fully saturated rings. The van der Waals surface area contributed by atoms with Crippen LogP contribution in [0.2, 0.25) is 0 Å². The summed E-state index contributed by atoms with van der Waals surface area (Å²) in [7, 11) is 0. The third kappa shape index (κ3) is 3.27. The second-order valence-electron chi connectivity index (χ2n) is 5.80.